The van der Waals surface area contributed by atoms with E-state index in [-0.39, 0.29) is 0 Å². The highest BCUT2D eigenvalue weighted by Gasteiger charge is 2.13. The summed E-state index contributed by atoms with van der Waals surface area (Å²) in [6, 6.07) is 0. The summed E-state index contributed by atoms with van der Waals surface area (Å²) < 4.78 is 4.73. The number of carbonyl (C=O) groups is 2. The number of hydrogen-bond acceptors (Lipinski definition) is 3. The number of carboxylic acid groups (broad SMARTS) is 2. The van der Waals surface area contributed by atoms with Crippen molar-refractivity contribution in [3.63, 3.8) is 0 Å². The minimum absolute atomic E-state index is 0.444. The standard InChI is InChI=1S/C8H10O5/c1-2-13-5-3-4-6(7(9)10)8(11)12/h3-5H,2H2,1H3,(H,9,10)(H,11,12). The van der Waals surface area contributed by atoms with Gasteiger partial charge in [0.1, 0.15) is 5.57 Å². The van der Waals surface area contributed by atoms with Gasteiger partial charge >= 0.3 is 11.9 Å². The molecule has 0 rings (SSSR count). The molecule has 0 heterocycles. The summed E-state index contributed by atoms with van der Waals surface area (Å²) >= 11 is 0. The van der Waals surface area contributed by atoms with E-state index in [4.69, 9.17) is 14.9 Å². The Kier molecular flexibility index (Phi) is 5.02. The molecule has 0 aromatic rings. The van der Waals surface area contributed by atoms with Crippen molar-refractivity contribution in [3.05, 3.63) is 24.0 Å². The van der Waals surface area contributed by atoms with Crippen molar-refractivity contribution < 1.29 is 24.5 Å². The summed E-state index contributed by atoms with van der Waals surface area (Å²) in [5, 5.41) is 16.8. The van der Waals surface area contributed by atoms with Gasteiger partial charge in [0.2, 0.25) is 0 Å². The van der Waals surface area contributed by atoms with Crippen LogP contribution in [0.3, 0.4) is 0 Å². The lowest BCUT2D eigenvalue weighted by molar-refractivity contribution is -0.140. The van der Waals surface area contributed by atoms with Crippen molar-refractivity contribution in [2.75, 3.05) is 6.61 Å². The van der Waals surface area contributed by atoms with Crippen molar-refractivity contribution in [2.24, 2.45) is 0 Å². The molecule has 0 atom stereocenters. The molecule has 0 unspecified atom stereocenters. The molecule has 72 valence electrons. The van der Waals surface area contributed by atoms with E-state index in [1.54, 1.807) is 6.92 Å². The van der Waals surface area contributed by atoms with Gasteiger partial charge in [-0.05, 0) is 19.1 Å². The van der Waals surface area contributed by atoms with Crippen LogP contribution in [0.25, 0.3) is 0 Å². The van der Waals surface area contributed by atoms with Crippen LogP contribution in [0, 0.1) is 0 Å². The van der Waals surface area contributed by atoms with E-state index >= 15 is 0 Å². The van der Waals surface area contributed by atoms with E-state index in [9.17, 15) is 9.59 Å². The zero-order valence-corrected chi connectivity index (χ0v) is 7.06. The highest BCUT2D eigenvalue weighted by Crippen LogP contribution is 1.95. The molecule has 0 radical (unpaired) electrons. The van der Waals surface area contributed by atoms with Crippen LogP contribution in [0.4, 0.5) is 0 Å². The van der Waals surface area contributed by atoms with Crippen molar-refractivity contribution in [1.82, 2.24) is 0 Å². The van der Waals surface area contributed by atoms with Crippen LogP contribution in [-0.4, -0.2) is 28.8 Å². The Morgan fingerprint density at radius 2 is 1.85 bits per heavy atom. The van der Waals surface area contributed by atoms with Crippen LogP contribution in [0.2, 0.25) is 0 Å². The maximum Gasteiger partial charge on any atom is 0.343 e. The summed E-state index contributed by atoms with van der Waals surface area (Å²) in [5.41, 5.74) is -0.698. The molecule has 0 aromatic carbocycles. The van der Waals surface area contributed by atoms with Gasteiger partial charge in [-0.2, -0.15) is 0 Å². The first-order chi connectivity index (χ1) is 6.09. The SMILES string of the molecule is CCOC=CC=C(C(=O)O)C(=O)O. The molecular weight excluding hydrogens is 176 g/mol. The molecule has 0 aromatic heterocycles. The highest BCUT2D eigenvalue weighted by atomic mass is 16.5. The largest absolute Gasteiger partial charge is 0.501 e. The van der Waals surface area contributed by atoms with Crippen molar-refractivity contribution in [3.8, 4) is 0 Å². The third kappa shape index (κ3) is 4.62. The van der Waals surface area contributed by atoms with Gasteiger partial charge in [0, 0.05) is 0 Å². The first-order valence-electron chi connectivity index (χ1n) is 3.54. The van der Waals surface area contributed by atoms with Crippen LogP contribution in [0.5, 0.6) is 0 Å². The zero-order valence-electron chi connectivity index (χ0n) is 7.06. The van der Waals surface area contributed by atoms with Crippen molar-refractivity contribution >= 4 is 11.9 Å². The van der Waals surface area contributed by atoms with Crippen LogP contribution in [0.1, 0.15) is 6.92 Å². The predicted octanol–water partition coefficient (Wildman–Crippen LogP) is 0.632. The molecule has 0 bridgehead atoms. The monoisotopic (exact) mass is 186 g/mol. The van der Waals surface area contributed by atoms with E-state index in [1.807, 2.05) is 0 Å². The fourth-order valence-corrected chi connectivity index (χ4v) is 0.521. The molecule has 2 N–H and O–H groups in total. The number of hydrogen-bond donors (Lipinski definition) is 2. The number of allylic oxidation sites excluding steroid dienone is 2. The van der Waals surface area contributed by atoms with E-state index < -0.39 is 17.5 Å². The van der Waals surface area contributed by atoms with Gasteiger partial charge in [-0.3, -0.25) is 0 Å². The lowest BCUT2D eigenvalue weighted by Gasteiger charge is -1.92. The lowest BCUT2D eigenvalue weighted by Crippen LogP contribution is -2.10. The lowest BCUT2D eigenvalue weighted by atomic mass is 10.2. The molecule has 0 aliphatic heterocycles. The third-order valence-corrected chi connectivity index (χ3v) is 1.07. The maximum atomic E-state index is 10.3. The second kappa shape index (κ2) is 5.82. The molecule has 5 heteroatoms. The molecule has 0 amide bonds. The summed E-state index contributed by atoms with van der Waals surface area (Å²) in [4.78, 5) is 20.6. The molecule has 0 spiro atoms. The summed E-state index contributed by atoms with van der Waals surface area (Å²) in [7, 11) is 0. The second-order valence-corrected chi connectivity index (χ2v) is 1.97. The summed E-state index contributed by atoms with van der Waals surface area (Å²) in [6.07, 6.45) is 3.41. The molecule has 5 nitrogen and oxygen atoms in total. The highest BCUT2D eigenvalue weighted by molar-refractivity contribution is 6.12. The Labute approximate surface area is 74.9 Å². The smallest absolute Gasteiger partial charge is 0.343 e. The van der Waals surface area contributed by atoms with E-state index in [2.05, 4.69) is 0 Å². The topological polar surface area (TPSA) is 83.8 Å². The average Bonchev–Trinajstić information content (AvgIpc) is 2.02. The van der Waals surface area contributed by atoms with E-state index in [1.165, 1.54) is 12.3 Å². The van der Waals surface area contributed by atoms with Gasteiger partial charge in [-0.15, -0.1) is 0 Å². The van der Waals surface area contributed by atoms with Gasteiger partial charge in [0.15, 0.2) is 0 Å². The Balaban J connectivity index is 4.38. The first-order valence-corrected chi connectivity index (χ1v) is 3.54. The minimum Gasteiger partial charge on any atom is -0.501 e. The Morgan fingerprint density at radius 1 is 1.31 bits per heavy atom. The number of rotatable bonds is 5. The first kappa shape index (κ1) is 11.2. The van der Waals surface area contributed by atoms with Crippen LogP contribution < -0.4 is 0 Å². The van der Waals surface area contributed by atoms with Crippen LogP contribution in [0.15, 0.2) is 24.0 Å². The molecular formula is C8H10O5. The maximum absolute atomic E-state index is 10.3. The van der Waals surface area contributed by atoms with Gasteiger partial charge in [0.05, 0.1) is 12.9 Å². The second-order valence-electron chi connectivity index (χ2n) is 1.97. The third-order valence-electron chi connectivity index (χ3n) is 1.07. The molecule has 0 fully saturated rings. The normalized spacial score (nSPS) is 9.62. The van der Waals surface area contributed by atoms with Crippen molar-refractivity contribution in [1.29, 1.82) is 0 Å². The van der Waals surface area contributed by atoms with Crippen LogP contribution >= 0.6 is 0 Å². The molecule has 0 aliphatic carbocycles. The fourth-order valence-electron chi connectivity index (χ4n) is 0.521. The number of carboxylic acids is 2. The van der Waals surface area contributed by atoms with Gasteiger partial charge in [-0.25, -0.2) is 9.59 Å². The molecule has 0 aliphatic rings. The fraction of sp³-hybridized carbons (Fsp3) is 0.250. The van der Waals surface area contributed by atoms with Gasteiger partial charge in [-0.1, -0.05) is 0 Å². The minimum atomic E-state index is -1.48. The zero-order chi connectivity index (χ0) is 10.3. The Hall–Kier alpha value is -1.78. The van der Waals surface area contributed by atoms with Crippen molar-refractivity contribution in [2.45, 2.75) is 6.92 Å². The quantitative estimate of drug-likeness (QED) is 0.216. The molecule has 0 saturated carbocycles. The Morgan fingerprint density at radius 3 is 2.23 bits per heavy atom. The molecule has 13 heavy (non-hydrogen) atoms. The summed E-state index contributed by atoms with van der Waals surface area (Å²) in [5.74, 6) is -2.96. The van der Waals surface area contributed by atoms with Gasteiger partial charge < -0.3 is 14.9 Å². The van der Waals surface area contributed by atoms with Gasteiger partial charge in [0.25, 0.3) is 0 Å². The number of ether oxygens (including phenoxy) is 1. The van der Waals surface area contributed by atoms with Crippen LogP contribution in [-0.2, 0) is 14.3 Å². The predicted molar refractivity (Wildman–Crippen MR) is 44.1 cm³/mol. The summed E-state index contributed by atoms with van der Waals surface area (Å²) in [6.45, 7) is 2.20. The number of aliphatic carboxylic acids is 2. The molecule has 0 saturated heterocycles. The Bertz CT molecular complexity index is 235. The van der Waals surface area contributed by atoms with E-state index in [0.717, 1.165) is 6.08 Å². The average molecular weight is 186 g/mol. The van der Waals surface area contributed by atoms with E-state index in [0.29, 0.717) is 6.61 Å².